The van der Waals surface area contributed by atoms with Crippen molar-refractivity contribution < 1.29 is 0 Å². The third kappa shape index (κ3) is 3.42. The molecule has 0 spiro atoms. The molecule has 0 aromatic heterocycles. The predicted octanol–water partition coefficient (Wildman–Crippen LogP) is 4.09. The Kier molecular flexibility index (Phi) is 3.83. The van der Waals surface area contributed by atoms with Crippen molar-refractivity contribution in [3.63, 3.8) is 0 Å². The molecule has 0 bridgehead atoms. The largest absolute Gasteiger partial charge is 0.119 e. The van der Waals surface area contributed by atoms with Gasteiger partial charge in [0.15, 0.2) is 0 Å². The van der Waals surface area contributed by atoms with Crippen LogP contribution >= 0.6 is 27.5 Å². The Balaban J connectivity index is 2.76. The van der Waals surface area contributed by atoms with Gasteiger partial charge in [0.05, 0.1) is 0 Å². The highest BCUT2D eigenvalue weighted by Gasteiger charge is 1.90. The van der Waals surface area contributed by atoms with Gasteiger partial charge in [-0.3, -0.25) is 0 Å². The first-order valence-electron chi connectivity index (χ1n) is 3.76. The summed E-state index contributed by atoms with van der Waals surface area (Å²) < 4.78 is 1.09. The number of alkyl halides is 1. The van der Waals surface area contributed by atoms with Crippen molar-refractivity contribution in [3.8, 4) is 0 Å². The zero-order valence-corrected chi connectivity index (χ0v) is 9.14. The summed E-state index contributed by atoms with van der Waals surface area (Å²) in [6.07, 6.45) is 3.98. The van der Waals surface area contributed by atoms with Gasteiger partial charge in [0.2, 0.25) is 0 Å². The molecule has 0 nitrogen and oxygen atoms in total. The van der Waals surface area contributed by atoms with Gasteiger partial charge in [0.25, 0.3) is 0 Å². The maximum absolute atomic E-state index is 5.77. The van der Waals surface area contributed by atoms with Gasteiger partial charge in [-0.1, -0.05) is 40.2 Å². The number of allylic oxidation sites excluding steroid dienone is 1. The van der Waals surface area contributed by atoms with E-state index in [9.17, 15) is 0 Å². The topological polar surface area (TPSA) is 0 Å². The zero-order valence-electron chi connectivity index (χ0n) is 6.80. The second kappa shape index (κ2) is 4.68. The summed E-state index contributed by atoms with van der Waals surface area (Å²) in [5.41, 5.74) is 1.16. The van der Waals surface area contributed by atoms with Gasteiger partial charge >= 0.3 is 0 Å². The highest BCUT2D eigenvalue weighted by Crippen LogP contribution is 2.13. The normalized spacial score (nSPS) is 13.6. The number of halogens is 2. The first-order valence-corrected chi connectivity index (χ1v) is 4.99. The summed E-state index contributed by atoms with van der Waals surface area (Å²) in [7, 11) is 0. The molecule has 0 saturated carbocycles. The molecule has 0 saturated heterocycles. The van der Waals surface area contributed by atoms with E-state index in [1.807, 2.05) is 37.3 Å². The predicted molar refractivity (Wildman–Crippen MR) is 58.5 cm³/mol. The van der Waals surface area contributed by atoms with E-state index in [2.05, 4.69) is 22.0 Å². The summed E-state index contributed by atoms with van der Waals surface area (Å²) in [6.45, 7) is 1.94. The van der Waals surface area contributed by atoms with E-state index in [0.29, 0.717) is 0 Å². The molecule has 0 aliphatic heterocycles. The summed E-state index contributed by atoms with van der Waals surface area (Å²) >= 11 is 9.17. The summed E-state index contributed by atoms with van der Waals surface area (Å²) in [4.78, 5) is 0. The first-order chi connectivity index (χ1) is 5.68. The molecule has 0 aliphatic carbocycles. The third-order valence-electron chi connectivity index (χ3n) is 1.40. The molecule has 0 fully saturated rings. The van der Waals surface area contributed by atoms with E-state index in [-0.39, 0.29) is 5.38 Å². The molecule has 0 radical (unpaired) electrons. The fourth-order valence-corrected chi connectivity index (χ4v) is 1.34. The van der Waals surface area contributed by atoms with Crippen LogP contribution in [0.2, 0.25) is 0 Å². The average Bonchev–Trinajstić information content (AvgIpc) is 2.01. The number of rotatable bonds is 2. The molecular formula is C10H10BrCl. The lowest BCUT2D eigenvalue weighted by Gasteiger charge is -1.95. The minimum atomic E-state index is 0.0870. The lowest BCUT2D eigenvalue weighted by atomic mass is 10.2. The van der Waals surface area contributed by atoms with Gasteiger partial charge in [-0.25, -0.2) is 0 Å². The lowest BCUT2D eigenvalue weighted by Crippen LogP contribution is -1.80. The number of hydrogen-bond acceptors (Lipinski definition) is 0. The van der Waals surface area contributed by atoms with Crippen LogP contribution < -0.4 is 0 Å². The van der Waals surface area contributed by atoms with Crippen molar-refractivity contribution in [1.82, 2.24) is 0 Å². The standard InChI is InChI=1S/C10H10BrCl/c1-8(12)5-6-9-3-2-4-10(11)7-9/h2-8H,1H3/b6-5+. The lowest BCUT2D eigenvalue weighted by molar-refractivity contribution is 1.24. The first kappa shape index (κ1) is 9.82. The van der Waals surface area contributed by atoms with Crippen LogP contribution in [0.15, 0.2) is 34.8 Å². The number of benzene rings is 1. The van der Waals surface area contributed by atoms with Gasteiger partial charge < -0.3 is 0 Å². The van der Waals surface area contributed by atoms with Crippen molar-refractivity contribution in [2.45, 2.75) is 12.3 Å². The van der Waals surface area contributed by atoms with Crippen LogP contribution in [0.1, 0.15) is 12.5 Å². The van der Waals surface area contributed by atoms with Crippen LogP contribution in [0.25, 0.3) is 6.08 Å². The Labute approximate surface area is 86.4 Å². The smallest absolute Gasteiger partial charge is 0.0491 e. The van der Waals surface area contributed by atoms with Crippen LogP contribution in [0.5, 0.6) is 0 Å². The Hall–Kier alpha value is -0.270. The molecule has 0 heterocycles. The van der Waals surface area contributed by atoms with E-state index in [1.165, 1.54) is 0 Å². The average molecular weight is 246 g/mol. The van der Waals surface area contributed by atoms with E-state index in [1.54, 1.807) is 0 Å². The maximum Gasteiger partial charge on any atom is 0.0491 e. The molecule has 12 heavy (non-hydrogen) atoms. The molecule has 1 aromatic rings. The monoisotopic (exact) mass is 244 g/mol. The van der Waals surface area contributed by atoms with Crippen LogP contribution in [0.4, 0.5) is 0 Å². The molecule has 1 aromatic carbocycles. The van der Waals surface area contributed by atoms with Crippen LogP contribution in [-0.4, -0.2) is 5.38 Å². The third-order valence-corrected chi connectivity index (χ3v) is 2.04. The molecule has 0 amide bonds. The van der Waals surface area contributed by atoms with Crippen molar-refractivity contribution in [1.29, 1.82) is 0 Å². The Bertz CT molecular complexity index is 279. The highest BCUT2D eigenvalue weighted by molar-refractivity contribution is 9.10. The van der Waals surface area contributed by atoms with E-state index >= 15 is 0 Å². The van der Waals surface area contributed by atoms with Gasteiger partial charge in [0, 0.05) is 9.85 Å². The minimum Gasteiger partial charge on any atom is -0.119 e. The zero-order chi connectivity index (χ0) is 8.97. The Morgan fingerprint density at radius 2 is 2.25 bits per heavy atom. The van der Waals surface area contributed by atoms with Gasteiger partial charge in [-0.15, -0.1) is 11.6 Å². The molecule has 1 unspecified atom stereocenters. The van der Waals surface area contributed by atoms with Gasteiger partial charge in [-0.05, 0) is 24.6 Å². The van der Waals surface area contributed by atoms with Crippen molar-refractivity contribution in [2.24, 2.45) is 0 Å². The fraction of sp³-hybridized carbons (Fsp3) is 0.200. The summed E-state index contributed by atoms with van der Waals surface area (Å²) in [6, 6.07) is 8.10. The Morgan fingerprint density at radius 3 is 2.83 bits per heavy atom. The highest BCUT2D eigenvalue weighted by atomic mass is 79.9. The van der Waals surface area contributed by atoms with Crippen molar-refractivity contribution >= 4 is 33.6 Å². The van der Waals surface area contributed by atoms with Crippen molar-refractivity contribution in [3.05, 3.63) is 40.4 Å². The van der Waals surface area contributed by atoms with E-state index in [0.717, 1.165) is 10.0 Å². The summed E-state index contributed by atoms with van der Waals surface area (Å²) in [5, 5.41) is 0.0870. The Morgan fingerprint density at radius 1 is 1.50 bits per heavy atom. The van der Waals surface area contributed by atoms with Crippen LogP contribution in [0.3, 0.4) is 0 Å². The van der Waals surface area contributed by atoms with Crippen molar-refractivity contribution in [2.75, 3.05) is 0 Å². The quantitative estimate of drug-likeness (QED) is 0.689. The molecule has 64 valence electrons. The molecule has 1 rings (SSSR count). The molecule has 0 N–H and O–H groups in total. The molecular weight excluding hydrogens is 235 g/mol. The van der Waals surface area contributed by atoms with E-state index in [4.69, 9.17) is 11.6 Å². The van der Waals surface area contributed by atoms with E-state index < -0.39 is 0 Å². The number of hydrogen-bond donors (Lipinski definition) is 0. The molecule has 2 heteroatoms. The second-order valence-corrected chi connectivity index (χ2v) is 4.20. The van der Waals surface area contributed by atoms with Gasteiger partial charge in [-0.2, -0.15) is 0 Å². The summed E-state index contributed by atoms with van der Waals surface area (Å²) in [5.74, 6) is 0. The van der Waals surface area contributed by atoms with Gasteiger partial charge in [0.1, 0.15) is 0 Å². The van der Waals surface area contributed by atoms with Crippen LogP contribution in [-0.2, 0) is 0 Å². The second-order valence-electron chi connectivity index (χ2n) is 2.59. The van der Waals surface area contributed by atoms with Crippen LogP contribution in [0, 0.1) is 0 Å². The maximum atomic E-state index is 5.77. The fourth-order valence-electron chi connectivity index (χ4n) is 0.854. The SMILES string of the molecule is CC(Cl)/C=C/c1cccc(Br)c1. The minimum absolute atomic E-state index is 0.0870. The molecule has 0 aliphatic rings. The molecule has 1 atom stereocenters.